The van der Waals surface area contributed by atoms with E-state index in [0.29, 0.717) is 0 Å². The quantitative estimate of drug-likeness (QED) is 0.151. The minimum Gasteiger partial charge on any atom is -0.456 e. The number of hydrogen-bond acceptors (Lipinski definition) is 3. The number of benzene rings is 10. The van der Waals surface area contributed by atoms with Crippen LogP contribution in [0.5, 0.6) is 0 Å². The van der Waals surface area contributed by atoms with Gasteiger partial charge in [-0.05, 0) is 127 Å². The van der Waals surface area contributed by atoms with Crippen LogP contribution in [0.15, 0.2) is 277 Å². The Kier molecular flexibility index (Phi) is 10.6. The zero-order valence-corrected chi connectivity index (χ0v) is 39.8. The van der Waals surface area contributed by atoms with Gasteiger partial charge in [0.1, 0.15) is 11.2 Å². The number of fused-ring (bicyclic) bond motifs is 7. The van der Waals surface area contributed by atoms with Crippen molar-refractivity contribution in [2.24, 2.45) is 0 Å². The highest BCUT2D eigenvalue weighted by atomic mass is 32.2. The Balaban J connectivity index is 0.960. The molecule has 0 atom stereocenters. The molecule has 0 fully saturated rings. The first-order chi connectivity index (χ1) is 35.1. The van der Waals surface area contributed by atoms with E-state index in [1.54, 1.807) is 0 Å². The summed E-state index contributed by atoms with van der Waals surface area (Å²) in [6, 6.07) is 86.6. The first-order valence-electron chi connectivity index (χ1n) is 24.3. The van der Waals surface area contributed by atoms with E-state index in [1.807, 2.05) is 23.9 Å². The van der Waals surface area contributed by atoms with Crippen molar-refractivity contribution in [3.63, 3.8) is 0 Å². The molecule has 0 saturated heterocycles. The Morgan fingerprint density at radius 2 is 1.01 bits per heavy atom. The van der Waals surface area contributed by atoms with E-state index in [0.717, 1.165) is 72.6 Å². The van der Waals surface area contributed by atoms with Crippen LogP contribution in [-0.2, 0) is 5.41 Å². The Hall–Kier alpha value is -8.63. The summed E-state index contributed by atoms with van der Waals surface area (Å²) in [4.78, 5) is 3.71. The van der Waals surface area contributed by atoms with E-state index in [-0.39, 0.29) is 0 Å². The molecule has 0 amide bonds. The van der Waals surface area contributed by atoms with Crippen molar-refractivity contribution in [3.05, 3.63) is 295 Å². The number of anilines is 3. The number of hydrogen-bond donors (Lipinski definition) is 0. The molecule has 336 valence electrons. The largest absolute Gasteiger partial charge is 0.456 e. The summed E-state index contributed by atoms with van der Waals surface area (Å²) in [5.74, 6) is 0.889. The molecule has 0 spiro atoms. The molecule has 11 aromatic rings. The highest BCUT2D eigenvalue weighted by molar-refractivity contribution is 7.99. The number of thioether (sulfide) groups is 1. The van der Waals surface area contributed by atoms with Gasteiger partial charge in [0.15, 0.2) is 0 Å². The molecule has 3 heteroatoms. The van der Waals surface area contributed by atoms with E-state index in [9.17, 15) is 0 Å². The van der Waals surface area contributed by atoms with Crippen molar-refractivity contribution in [1.29, 1.82) is 0 Å². The third kappa shape index (κ3) is 7.20. The van der Waals surface area contributed by atoms with Crippen LogP contribution in [0.4, 0.5) is 17.1 Å². The van der Waals surface area contributed by atoms with Gasteiger partial charge in [0.05, 0.1) is 11.1 Å². The number of rotatable bonds is 8. The summed E-state index contributed by atoms with van der Waals surface area (Å²) in [6.45, 7) is 4.45. The molecule has 0 saturated carbocycles. The molecule has 71 heavy (non-hydrogen) atoms. The maximum atomic E-state index is 6.17. The van der Waals surface area contributed by atoms with E-state index >= 15 is 0 Å². The summed E-state index contributed by atoms with van der Waals surface area (Å²) >= 11 is 1.87. The summed E-state index contributed by atoms with van der Waals surface area (Å²) < 4.78 is 6.17. The molecule has 2 aliphatic rings. The lowest BCUT2D eigenvalue weighted by Crippen LogP contribution is -2.28. The molecular weight excluding hydrogens is 879 g/mol. The highest BCUT2D eigenvalue weighted by Crippen LogP contribution is 2.59. The summed E-state index contributed by atoms with van der Waals surface area (Å²) in [6.07, 6.45) is 8.53. The molecule has 0 radical (unpaired) electrons. The smallest absolute Gasteiger partial charge is 0.135 e. The van der Waals surface area contributed by atoms with Gasteiger partial charge >= 0.3 is 0 Å². The lowest BCUT2D eigenvalue weighted by Gasteiger charge is -2.34. The first kappa shape index (κ1) is 42.5. The van der Waals surface area contributed by atoms with E-state index in [2.05, 4.69) is 260 Å². The number of allylic oxidation sites excluding steroid dienone is 4. The fourth-order valence-corrected chi connectivity index (χ4v) is 12.2. The Morgan fingerprint density at radius 1 is 0.437 bits per heavy atom. The van der Waals surface area contributed by atoms with E-state index < -0.39 is 5.41 Å². The Bertz CT molecular complexity index is 3840. The SMILES string of the molecule is C=C1/C=C\C=C/CSc2c1cccc2-c1ccc(N(c2ccc(-c3cccc(-c4ccc5oc6ccccc6c5c4)c3)cc2)c2cccc3c2-c2ccccc2C3(c2ccccc2)c2ccccc2)cc1. The molecule has 13 rings (SSSR count). The van der Waals surface area contributed by atoms with E-state index in [1.165, 1.54) is 55.0 Å². The van der Waals surface area contributed by atoms with Gasteiger partial charge in [-0.1, -0.05) is 213 Å². The molecule has 10 aromatic carbocycles. The molecule has 1 aliphatic heterocycles. The van der Waals surface area contributed by atoms with Crippen molar-refractivity contribution < 1.29 is 4.42 Å². The first-order valence-corrected chi connectivity index (χ1v) is 25.3. The zero-order valence-electron chi connectivity index (χ0n) is 39.0. The molecule has 0 bridgehead atoms. The molecule has 1 aromatic heterocycles. The van der Waals surface area contributed by atoms with Crippen LogP contribution in [0.1, 0.15) is 27.8 Å². The third-order valence-electron chi connectivity index (χ3n) is 14.4. The molecule has 1 aliphatic carbocycles. The van der Waals surface area contributed by atoms with Crippen molar-refractivity contribution >= 4 is 56.3 Å². The molecular formula is C68H47NOS. The average molecular weight is 926 g/mol. The van der Waals surface area contributed by atoms with Crippen molar-refractivity contribution in [1.82, 2.24) is 0 Å². The maximum Gasteiger partial charge on any atom is 0.135 e. The van der Waals surface area contributed by atoms with Gasteiger partial charge in [0.25, 0.3) is 0 Å². The molecule has 2 nitrogen and oxygen atoms in total. The number of para-hydroxylation sites is 1. The summed E-state index contributed by atoms with van der Waals surface area (Å²) in [7, 11) is 0. The standard InChI is InChI=1S/C68H47NOS/c1-46-18-5-4-14-43-71-67-56(46)27-16-28-57(67)48-35-40-55(41-36-48)69(54-38-33-47(34-39-54)49-19-15-20-50(44-49)51-37-42-65-60(45-51)58-25-11-13-32-64(58)70-65)63-31-17-30-62-66(63)59-26-10-12-29-61(59)68(62,52-21-6-2-7-22-52)53-23-8-3-9-24-53/h2-42,44-45H,1,43H2/b14-4-,18-5-. The Labute approximate surface area is 419 Å². The van der Waals surface area contributed by atoms with Crippen LogP contribution in [-0.4, -0.2) is 5.75 Å². The van der Waals surface area contributed by atoms with Crippen molar-refractivity contribution in [2.75, 3.05) is 10.7 Å². The van der Waals surface area contributed by atoms with Gasteiger partial charge < -0.3 is 9.32 Å². The van der Waals surface area contributed by atoms with Gasteiger partial charge in [0, 0.05) is 38.4 Å². The zero-order chi connectivity index (χ0) is 47.3. The minimum absolute atomic E-state index is 0.529. The number of nitrogens with zero attached hydrogens (tertiary/aromatic N) is 1. The summed E-state index contributed by atoms with van der Waals surface area (Å²) in [5.41, 5.74) is 21.3. The average Bonchev–Trinajstić information content (AvgIpc) is 4.00. The van der Waals surface area contributed by atoms with Crippen LogP contribution >= 0.6 is 11.8 Å². The predicted octanol–water partition coefficient (Wildman–Crippen LogP) is 18.7. The van der Waals surface area contributed by atoms with Crippen LogP contribution in [0.3, 0.4) is 0 Å². The van der Waals surface area contributed by atoms with Crippen LogP contribution < -0.4 is 4.90 Å². The highest BCUT2D eigenvalue weighted by Gasteiger charge is 2.47. The van der Waals surface area contributed by atoms with E-state index in [4.69, 9.17) is 4.42 Å². The topological polar surface area (TPSA) is 16.4 Å². The summed E-state index contributed by atoms with van der Waals surface area (Å²) in [5, 5.41) is 2.26. The maximum absolute atomic E-state index is 6.17. The second kappa shape index (κ2) is 17.7. The van der Waals surface area contributed by atoms with Gasteiger partial charge in [-0.25, -0.2) is 0 Å². The minimum atomic E-state index is -0.529. The molecule has 0 unspecified atom stereocenters. The predicted molar refractivity (Wildman–Crippen MR) is 300 cm³/mol. The fraction of sp³-hybridized carbons (Fsp3) is 0.0294. The normalized spacial score (nSPS) is 14.5. The third-order valence-corrected chi connectivity index (χ3v) is 15.5. The van der Waals surface area contributed by atoms with Gasteiger partial charge in [0.2, 0.25) is 0 Å². The Morgan fingerprint density at radius 3 is 1.79 bits per heavy atom. The lowest BCUT2D eigenvalue weighted by atomic mass is 9.68. The van der Waals surface area contributed by atoms with Gasteiger partial charge in [-0.15, -0.1) is 11.8 Å². The fourth-order valence-electron chi connectivity index (χ4n) is 11.2. The van der Waals surface area contributed by atoms with Crippen molar-refractivity contribution in [2.45, 2.75) is 10.3 Å². The van der Waals surface area contributed by atoms with Gasteiger partial charge in [-0.3, -0.25) is 0 Å². The second-order valence-electron chi connectivity index (χ2n) is 18.4. The monoisotopic (exact) mass is 925 g/mol. The van der Waals surface area contributed by atoms with Crippen molar-refractivity contribution in [3.8, 4) is 44.5 Å². The number of furan rings is 1. The van der Waals surface area contributed by atoms with Crippen LogP contribution in [0.2, 0.25) is 0 Å². The lowest BCUT2D eigenvalue weighted by molar-refractivity contribution is 0.669. The molecule has 2 heterocycles. The van der Waals surface area contributed by atoms with Crippen LogP contribution in [0.25, 0.3) is 72.0 Å². The van der Waals surface area contributed by atoms with Crippen LogP contribution in [0, 0.1) is 0 Å². The van der Waals surface area contributed by atoms with Gasteiger partial charge in [-0.2, -0.15) is 0 Å². The molecule has 0 N–H and O–H groups in total. The second-order valence-corrected chi connectivity index (χ2v) is 19.4.